The van der Waals surface area contributed by atoms with Crippen molar-refractivity contribution in [3.63, 3.8) is 0 Å². The van der Waals surface area contributed by atoms with Gasteiger partial charge in [-0.3, -0.25) is 9.69 Å². The van der Waals surface area contributed by atoms with Crippen LogP contribution in [0.4, 0.5) is 5.69 Å². The van der Waals surface area contributed by atoms with Crippen LogP contribution in [0.5, 0.6) is 0 Å². The van der Waals surface area contributed by atoms with Crippen molar-refractivity contribution in [3.05, 3.63) is 101 Å². The largest absolute Gasteiger partial charge is 0.363 e. The van der Waals surface area contributed by atoms with Crippen molar-refractivity contribution in [2.24, 2.45) is 0 Å². The Bertz CT molecular complexity index is 999. The zero-order chi connectivity index (χ0) is 21.0. The lowest BCUT2D eigenvalue weighted by atomic mass is 10.0. The van der Waals surface area contributed by atoms with Crippen LogP contribution in [0.25, 0.3) is 0 Å². The summed E-state index contributed by atoms with van der Waals surface area (Å²) in [6.07, 6.45) is 2.01. The summed E-state index contributed by atoms with van der Waals surface area (Å²) >= 11 is 0. The first-order valence-corrected chi connectivity index (χ1v) is 11.2. The van der Waals surface area contributed by atoms with Crippen molar-refractivity contribution >= 4 is 11.6 Å². The number of hydrogen-bond acceptors (Lipinski definition) is 3. The fourth-order valence-corrected chi connectivity index (χ4v) is 4.69. The monoisotopic (exact) mass is 411 g/mol. The number of benzene rings is 3. The van der Waals surface area contributed by atoms with Gasteiger partial charge in [-0.1, -0.05) is 54.6 Å². The van der Waals surface area contributed by atoms with E-state index >= 15 is 0 Å². The molecule has 0 unspecified atom stereocenters. The first-order chi connectivity index (χ1) is 15.2. The highest BCUT2D eigenvalue weighted by Gasteiger charge is 2.22. The van der Waals surface area contributed by atoms with Crippen molar-refractivity contribution in [2.75, 3.05) is 18.0 Å². The molecule has 1 N–H and O–H groups in total. The Balaban J connectivity index is 1.12. The number of nitrogens with one attached hydrogen (secondary N) is 1. The third-order valence-electron chi connectivity index (χ3n) is 6.51. The van der Waals surface area contributed by atoms with Crippen LogP contribution in [-0.2, 0) is 19.6 Å². The maximum atomic E-state index is 12.8. The molecule has 0 spiro atoms. The Morgan fingerprint density at radius 2 is 1.42 bits per heavy atom. The quantitative estimate of drug-likeness (QED) is 0.666. The van der Waals surface area contributed by atoms with Crippen LogP contribution in [0.3, 0.4) is 0 Å². The predicted octanol–water partition coefficient (Wildman–Crippen LogP) is 4.60. The molecule has 1 saturated heterocycles. The highest BCUT2D eigenvalue weighted by atomic mass is 16.1. The highest BCUT2D eigenvalue weighted by molar-refractivity contribution is 5.94. The molecule has 4 heteroatoms. The lowest BCUT2D eigenvalue weighted by molar-refractivity contribution is 0.0909. The molecule has 2 heterocycles. The lowest BCUT2D eigenvalue weighted by Gasteiger charge is -2.32. The summed E-state index contributed by atoms with van der Waals surface area (Å²) in [6.45, 7) is 4.90. The molecule has 0 saturated carbocycles. The van der Waals surface area contributed by atoms with Crippen molar-refractivity contribution in [1.29, 1.82) is 0 Å². The maximum absolute atomic E-state index is 12.8. The fraction of sp³-hybridized carbons (Fsp3) is 0.296. The normalized spacial score (nSPS) is 16.8. The van der Waals surface area contributed by atoms with E-state index in [0.717, 1.165) is 51.1 Å². The van der Waals surface area contributed by atoms with Gasteiger partial charge in [-0.2, -0.15) is 0 Å². The van der Waals surface area contributed by atoms with E-state index in [0.29, 0.717) is 0 Å². The summed E-state index contributed by atoms with van der Waals surface area (Å²) in [5.41, 5.74) is 6.05. The molecule has 158 valence electrons. The standard InChI is InChI=1S/C27H29N3O/c31-27(28-25-14-16-29(17-15-25)18-21-6-2-1-3-7-21)22-10-12-26(13-11-22)30-19-23-8-4-5-9-24(23)20-30/h1-13,25H,14-20H2,(H,28,31). The van der Waals surface area contributed by atoms with Crippen LogP contribution in [0.15, 0.2) is 78.9 Å². The Hall–Kier alpha value is -3.11. The van der Waals surface area contributed by atoms with Gasteiger partial charge in [0.2, 0.25) is 0 Å². The summed E-state index contributed by atoms with van der Waals surface area (Å²) in [4.78, 5) is 17.6. The van der Waals surface area contributed by atoms with Crippen molar-refractivity contribution in [2.45, 2.75) is 38.5 Å². The minimum absolute atomic E-state index is 0.0396. The zero-order valence-corrected chi connectivity index (χ0v) is 17.8. The third-order valence-corrected chi connectivity index (χ3v) is 6.51. The number of anilines is 1. The number of carbonyl (C=O) groups is 1. The molecular formula is C27H29N3O. The van der Waals surface area contributed by atoms with Crippen molar-refractivity contribution in [1.82, 2.24) is 10.2 Å². The Kier molecular flexibility index (Phi) is 5.72. The fourth-order valence-electron chi connectivity index (χ4n) is 4.69. The summed E-state index contributed by atoms with van der Waals surface area (Å²) < 4.78 is 0. The molecule has 0 aliphatic carbocycles. The second kappa shape index (κ2) is 8.94. The van der Waals surface area contributed by atoms with E-state index in [-0.39, 0.29) is 11.9 Å². The number of rotatable bonds is 5. The van der Waals surface area contributed by atoms with E-state index in [1.165, 1.54) is 22.4 Å². The summed E-state index contributed by atoms with van der Waals surface area (Å²) in [5, 5.41) is 3.24. The Labute approximate surface area is 184 Å². The number of nitrogens with zero attached hydrogens (tertiary/aromatic N) is 2. The van der Waals surface area contributed by atoms with E-state index in [9.17, 15) is 4.79 Å². The molecule has 5 rings (SSSR count). The van der Waals surface area contributed by atoms with E-state index in [4.69, 9.17) is 0 Å². The second-order valence-electron chi connectivity index (χ2n) is 8.68. The first kappa shape index (κ1) is 19.8. The van der Waals surface area contributed by atoms with Crippen LogP contribution in [0.2, 0.25) is 0 Å². The number of carbonyl (C=O) groups excluding carboxylic acids is 1. The molecule has 2 aliphatic rings. The molecule has 0 bridgehead atoms. The molecule has 0 radical (unpaired) electrons. The van der Waals surface area contributed by atoms with Gasteiger partial charge in [0.05, 0.1) is 0 Å². The summed E-state index contributed by atoms with van der Waals surface area (Å²) in [7, 11) is 0. The van der Waals surface area contributed by atoms with Crippen LogP contribution >= 0.6 is 0 Å². The van der Waals surface area contributed by atoms with Crippen LogP contribution in [0.1, 0.15) is 39.9 Å². The number of likely N-dealkylation sites (tertiary alicyclic amines) is 1. The first-order valence-electron chi connectivity index (χ1n) is 11.2. The van der Waals surface area contributed by atoms with Gasteiger partial charge in [0.15, 0.2) is 0 Å². The van der Waals surface area contributed by atoms with Crippen LogP contribution in [0, 0.1) is 0 Å². The minimum Gasteiger partial charge on any atom is -0.363 e. The number of hydrogen-bond donors (Lipinski definition) is 1. The van der Waals surface area contributed by atoms with Gasteiger partial charge >= 0.3 is 0 Å². The maximum Gasteiger partial charge on any atom is 0.251 e. The van der Waals surface area contributed by atoms with E-state index < -0.39 is 0 Å². The molecule has 0 aromatic heterocycles. The van der Waals surface area contributed by atoms with E-state index in [1.807, 2.05) is 12.1 Å². The average molecular weight is 412 g/mol. The van der Waals surface area contributed by atoms with Crippen molar-refractivity contribution in [3.8, 4) is 0 Å². The van der Waals surface area contributed by atoms with E-state index in [2.05, 4.69) is 81.8 Å². The lowest BCUT2D eigenvalue weighted by Crippen LogP contribution is -2.44. The van der Waals surface area contributed by atoms with Crippen LogP contribution < -0.4 is 10.2 Å². The van der Waals surface area contributed by atoms with Gasteiger partial charge in [-0.05, 0) is 53.8 Å². The third kappa shape index (κ3) is 4.64. The minimum atomic E-state index is 0.0396. The van der Waals surface area contributed by atoms with Gasteiger partial charge in [-0.15, -0.1) is 0 Å². The second-order valence-corrected chi connectivity index (χ2v) is 8.68. The van der Waals surface area contributed by atoms with Gasteiger partial charge < -0.3 is 10.2 Å². The molecule has 4 nitrogen and oxygen atoms in total. The van der Waals surface area contributed by atoms with Gasteiger partial charge in [-0.25, -0.2) is 0 Å². The number of fused-ring (bicyclic) bond motifs is 1. The number of piperidine rings is 1. The van der Waals surface area contributed by atoms with Gasteiger partial charge in [0.25, 0.3) is 5.91 Å². The molecule has 31 heavy (non-hydrogen) atoms. The van der Waals surface area contributed by atoms with Gasteiger partial charge in [0.1, 0.15) is 0 Å². The molecular weight excluding hydrogens is 382 g/mol. The Morgan fingerprint density at radius 1 is 0.806 bits per heavy atom. The van der Waals surface area contributed by atoms with Crippen molar-refractivity contribution < 1.29 is 4.79 Å². The molecule has 3 aromatic rings. The SMILES string of the molecule is O=C(NC1CCN(Cc2ccccc2)CC1)c1ccc(N2Cc3ccccc3C2)cc1. The van der Waals surface area contributed by atoms with Crippen LogP contribution in [-0.4, -0.2) is 29.9 Å². The molecule has 1 fully saturated rings. The predicted molar refractivity (Wildman–Crippen MR) is 125 cm³/mol. The molecule has 2 aliphatic heterocycles. The summed E-state index contributed by atoms with van der Waals surface area (Å²) in [5.74, 6) is 0.0396. The Morgan fingerprint density at radius 3 is 2.06 bits per heavy atom. The highest BCUT2D eigenvalue weighted by Crippen LogP contribution is 2.28. The molecule has 3 aromatic carbocycles. The molecule has 1 amide bonds. The van der Waals surface area contributed by atoms with E-state index in [1.54, 1.807) is 0 Å². The topological polar surface area (TPSA) is 35.6 Å². The number of amides is 1. The zero-order valence-electron chi connectivity index (χ0n) is 17.8. The smallest absolute Gasteiger partial charge is 0.251 e. The van der Waals surface area contributed by atoms with Gasteiger partial charge in [0, 0.05) is 50.0 Å². The molecule has 0 atom stereocenters. The average Bonchev–Trinajstić information content (AvgIpc) is 3.25. The summed E-state index contributed by atoms with van der Waals surface area (Å²) in [6, 6.07) is 27.5.